The zero-order chi connectivity index (χ0) is 15.2. The zero-order valence-electron chi connectivity index (χ0n) is 11.0. The van der Waals surface area contributed by atoms with Crippen LogP contribution in [0.5, 0.6) is 0 Å². The van der Waals surface area contributed by atoms with Crippen LogP contribution in [0.1, 0.15) is 6.42 Å². The van der Waals surface area contributed by atoms with Gasteiger partial charge in [-0.25, -0.2) is 4.79 Å². The highest BCUT2D eigenvalue weighted by molar-refractivity contribution is 7.86. The number of rotatable bonds is 6. The summed E-state index contributed by atoms with van der Waals surface area (Å²) in [6, 6.07) is 8.53. The summed E-state index contributed by atoms with van der Waals surface area (Å²) >= 11 is 0. The average molecular weight is 301 g/mol. The zero-order valence-corrected chi connectivity index (χ0v) is 11.8. The number of anilines is 1. The van der Waals surface area contributed by atoms with Gasteiger partial charge < -0.3 is 10.1 Å². The monoisotopic (exact) mass is 301 g/mol. The van der Waals surface area contributed by atoms with Crippen molar-refractivity contribution < 1.29 is 26.9 Å². The van der Waals surface area contributed by atoms with Crippen molar-refractivity contribution in [2.45, 2.75) is 12.5 Å². The van der Waals surface area contributed by atoms with Crippen LogP contribution in [0.3, 0.4) is 0 Å². The summed E-state index contributed by atoms with van der Waals surface area (Å²) in [6.45, 7) is 0. The molecule has 1 N–H and O–H groups in total. The lowest BCUT2D eigenvalue weighted by Gasteiger charge is -2.13. The van der Waals surface area contributed by atoms with Gasteiger partial charge in [-0.1, -0.05) is 18.2 Å². The van der Waals surface area contributed by atoms with Crippen LogP contribution in [-0.4, -0.2) is 39.8 Å². The molecule has 0 saturated carbocycles. The van der Waals surface area contributed by atoms with Crippen LogP contribution >= 0.6 is 0 Å². The van der Waals surface area contributed by atoms with E-state index in [4.69, 9.17) is 0 Å². The molecule has 1 rings (SSSR count). The number of methoxy groups -OCH3 is 1. The van der Waals surface area contributed by atoms with E-state index in [0.717, 1.165) is 13.4 Å². The van der Waals surface area contributed by atoms with Crippen LogP contribution in [0.2, 0.25) is 0 Å². The molecule has 20 heavy (non-hydrogen) atoms. The summed E-state index contributed by atoms with van der Waals surface area (Å²) in [4.78, 5) is 23.1. The Morgan fingerprint density at radius 1 is 1.25 bits per heavy atom. The van der Waals surface area contributed by atoms with Crippen LogP contribution in [0.4, 0.5) is 5.69 Å². The molecule has 0 saturated heterocycles. The lowest BCUT2D eigenvalue weighted by Crippen LogP contribution is -2.32. The third-order valence-corrected chi connectivity index (χ3v) is 2.77. The molecule has 0 radical (unpaired) electrons. The molecular weight excluding hydrogens is 286 g/mol. The SMILES string of the molecule is COC(=O)C(CC(=O)Nc1ccccc1)OS(C)(=O)=O. The molecule has 110 valence electrons. The first-order valence-electron chi connectivity index (χ1n) is 5.63. The minimum atomic E-state index is -3.88. The fraction of sp³-hybridized carbons (Fsp3) is 0.333. The Hall–Kier alpha value is -1.93. The van der Waals surface area contributed by atoms with Crippen LogP contribution < -0.4 is 5.32 Å². The van der Waals surface area contributed by atoms with Crippen molar-refractivity contribution in [3.8, 4) is 0 Å². The second-order valence-corrected chi connectivity index (χ2v) is 5.53. The van der Waals surface area contributed by atoms with Crippen molar-refractivity contribution in [2.24, 2.45) is 0 Å². The fourth-order valence-corrected chi connectivity index (χ4v) is 1.97. The van der Waals surface area contributed by atoms with E-state index in [0.29, 0.717) is 5.69 Å². The first kappa shape index (κ1) is 16.1. The largest absolute Gasteiger partial charge is 0.467 e. The Morgan fingerprint density at radius 3 is 2.35 bits per heavy atom. The Labute approximate surface area is 117 Å². The number of amides is 1. The lowest BCUT2D eigenvalue weighted by molar-refractivity contribution is -0.150. The summed E-state index contributed by atoms with van der Waals surface area (Å²) in [7, 11) is -2.80. The van der Waals surface area contributed by atoms with E-state index in [1.165, 1.54) is 0 Å². The molecule has 1 aromatic carbocycles. The number of nitrogens with one attached hydrogen (secondary N) is 1. The van der Waals surface area contributed by atoms with E-state index in [-0.39, 0.29) is 0 Å². The van der Waals surface area contributed by atoms with Gasteiger partial charge in [0.1, 0.15) is 0 Å². The Bertz CT molecular complexity index is 569. The third-order valence-electron chi connectivity index (χ3n) is 2.18. The minimum absolute atomic E-state index is 0.464. The number of hydrogen-bond donors (Lipinski definition) is 1. The van der Waals surface area contributed by atoms with E-state index in [9.17, 15) is 18.0 Å². The van der Waals surface area contributed by atoms with Crippen molar-refractivity contribution in [3.05, 3.63) is 30.3 Å². The number of carbonyl (C=O) groups excluding carboxylic acids is 2. The predicted molar refractivity (Wildman–Crippen MR) is 71.4 cm³/mol. The second-order valence-electron chi connectivity index (χ2n) is 3.93. The van der Waals surface area contributed by atoms with Crippen molar-refractivity contribution in [3.63, 3.8) is 0 Å². The maximum atomic E-state index is 11.7. The average Bonchev–Trinajstić information content (AvgIpc) is 2.36. The quantitative estimate of drug-likeness (QED) is 0.608. The molecule has 0 aliphatic heterocycles. The molecule has 0 bridgehead atoms. The van der Waals surface area contributed by atoms with Crippen molar-refractivity contribution in [1.82, 2.24) is 0 Å². The standard InChI is InChI=1S/C12H15NO6S/c1-18-12(15)10(19-20(2,16)17)8-11(14)13-9-6-4-3-5-7-9/h3-7,10H,8H2,1-2H3,(H,13,14). The molecule has 0 aliphatic rings. The van der Waals surface area contributed by atoms with Crippen molar-refractivity contribution >= 4 is 27.7 Å². The molecule has 1 unspecified atom stereocenters. The van der Waals surface area contributed by atoms with Gasteiger partial charge in [-0.2, -0.15) is 8.42 Å². The summed E-state index contributed by atoms with van der Waals surface area (Å²) < 4.78 is 31.0. The molecular formula is C12H15NO6S. The summed E-state index contributed by atoms with van der Waals surface area (Å²) in [6.07, 6.45) is -1.18. The number of ether oxygens (including phenoxy) is 1. The maximum absolute atomic E-state index is 11.7. The van der Waals surface area contributed by atoms with Gasteiger partial charge >= 0.3 is 5.97 Å². The molecule has 0 fully saturated rings. The highest BCUT2D eigenvalue weighted by Gasteiger charge is 2.27. The Balaban J connectivity index is 2.70. The smallest absolute Gasteiger partial charge is 0.337 e. The van der Waals surface area contributed by atoms with E-state index >= 15 is 0 Å². The van der Waals surface area contributed by atoms with Gasteiger partial charge in [-0.3, -0.25) is 8.98 Å². The minimum Gasteiger partial charge on any atom is -0.467 e. The van der Waals surface area contributed by atoms with Crippen LogP contribution in [-0.2, 0) is 28.6 Å². The number of para-hydroxylation sites is 1. The molecule has 0 aliphatic carbocycles. The molecule has 0 spiro atoms. The van der Waals surface area contributed by atoms with Crippen molar-refractivity contribution in [2.75, 3.05) is 18.7 Å². The van der Waals surface area contributed by atoms with E-state index in [2.05, 4.69) is 14.2 Å². The molecule has 8 heteroatoms. The first-order valence-corrected chi connectivity index (χ1v) is 7.44. The van der Waals surface area contributed by atoms with Crippen LogP contribution in [0, 0.1) is 0 Å². The van der Waals surface area contributed by atoms with E-state index in [1.807, 2.05) is 0 Å². The molecule has 0 heterocycles. The molecule has 1 amide bonds. The maximum Gasteiger partial charge on any atom is 0.337 e. The number of esters is 1. The lowest BCUT2D eigenvalue weighted by atomic mass is 10.2. The number of benzene rings is 1. The van der Waals surface area contributed by atoms with E-state index in [1.54, 1.807) is 30.3 Å². The van der Waals surface area contributed by atoms with Gasteiger partial charge in [0, 0.05) is 5.69 Å². The molecule has 0 aromatic heterocycles. The topological polar surface area (TPSA) is 98.8 Å². The van der Waals surface area contributed by atoms with Gasteiger partial charge in [0.2, 0.25) is 5.91 Å². The highest BCUT2D eigenvalue weighted by Crippen LogP contribution is 2.10. The highest BCUT2D eigenvalue weighted by atomic mass is 32.2. The summed E-state index contributed by atoms with van der Waals surface area (Å²) in [5.41, 5.74) is 0.528. The second kappa shape index (κ2) is 7.01. The summed E-state index contributed by atoms with van der Waals surface area (Å²) in [5, 5.41) is 2.52. The normalized spacial score (nSPS) is 12.5. The molecule has 1 atom stereocenters. The Kier molecular flexibility index (Phi) is 5.66. The third kappa shape index (κ3) is 5.81. The van der Waals surface area contributed by atoms with Crippen LogP contribution in [0.25, 0.3) is 0 Å². The molecule has 1 aromatic rings. The number of hydrogen-bond acceptors (Lipinski definition) is 6. The van der Waals surface area contributed by atoms with Gasteiger partial charge in [0.15, 0.2) is 6.10 Å². The summed E-state index contributed by atoms with van der Waals surface area (Å²) in [5.74, 6) is -1.49. The number of carbonyl (C=O) groups is 2. The van der Waals surface area contributed by atoms with Gasteiger partial charge in [-0.05, 0) is 12.1 Å². The predicted octanol–water partition coefficient (Wildman–Crippen LogP) is 0.533. The van der Waals surface area contributed by atoms with Gasteiger partial charge in [0.25, 0.3) is 10.1 Å². The molecule has 7 nitrogen and oxygen atoms in total. The van der Waals surface area contributed by atoms with Gasteiger partial charge in [0.05, 0.1) is 19.8 Å². The van der Waals surface area contributed by atoms with Gasteiger partial charge in [-0.15, -0.1) is 0 Å². The fourth-order valence-electron chi connectivity index (χ4n) is 1.40. The first-order chi connectivity index (χ1) is 9.31. The van der Waals surface area contributed by atoms with Crippen LogP contribution in [0.15, 0.2) is 30.3 Å². The van der Waals surface area contributed by atoms with E-state index < -0.39 is 34.5 Å². The Morgan fingerprint density at radius 2 is 1.85 bits per heavy atom. The van der Waals surface area contributed by atoms with Crippen molar-refractivity contribution in [1.29, 1.82) is 0 Å².